The molecule has 0 spiro atoms. The number of hydrogen-bond donors (Lipinski definition) is 3. The Morgan fingerprint density at radius 2 is 2.35 bits per heavy atom. The van der Waals surface area contributed by atoms with Crippen molar-refractivity contribution in [2.45, 2.75) is 44.4 Å². The van der Waals surface area contributed by atoms with Crippen LogP contribution >= 0.6 is 11.3 Å². The van der Waals surface area contributed by atoms with Crippen LogP contribution in [0.5, 0.6) is 0 Å². The van der Waals surface area contributed by atoms with E-state index in [-0.39, 0.29) is 6.61 Å². The predicted octanol–water partition coefficient (Wildman–Crippen LogP) is 1.77. The minimum Gasteiger partial charge on any atom is -0.396 e. The molecule has 3 N–H and O–H groups in total. The first-order valence-electron chi connectivity index (χ1n) is 7.42. The van der Waals surface area contributed by atoms with Crippen LogP contribution in [0.25, 0.3) is 0 Å². The Morgan fingerprint density at radius 3 is 3.10 bits per heavy atom. The SMILES string of the molecule is OCC[C@@H]1CCC[C@H]1NC[C@@H](O)COCc1cccs1. The number of ether oxygens (including phenoxy) is 1. The number of nitrogens with one attached hydrogen (secondary N) is 1. The summed E-state index contributed by atoms with van der Waals surface area (Å²) >= 11 is 1.67. The molecule has 0 aliphatic heterocycles. The zero-order valence-electron chi connectivity index (χ0n) is 11.8. The second kappa shape index (κ2) is 8.74. The van der Waals surface area contributed by atoms with Gasteiger partial charge in [-0.05, 0) is 36.6 Å². The first-order valence-corrected chi connectivity index (χ1v) is 8.30. The minimum absolute atomic E-state index is 0.259. The molecule has 1 aliphatic carbocycles. The van der Waals surface area contributed by atoms with Crippen molar-refractivity contribution >= 4 is 11.3 Å². The molecular weight excluding hydrogens is 274 g/mol. The van der Waals surface area contributed by atoms with Crippen LogP contribution in [0.4, 0.5) is 0 Å². The van der Waals surface area contributed by atoms with Crippen molar-refractivity contribution in [2.24, 2.45) is 5.92 Å². The van der Waals surface area contributed by atoms with Gasteiger partial charge in [0.25, 0.3) is 0 Å². The van der Waals surface area contributed by atoms with E-state index in [0.29, 0.717) is 31.7 Å². The van der Waals surface area contributed by atoms with E-state index in [4.69, 9.17) is 9.84 Å². The Labute approximate surface area is 124 Å². The van der Waals surface area contributed by atoms with Gasteiger partial charge in [0.15, 0.2) is 0 Å². The number of aliphatic hydroxyl groups excluding tert-OH is 2. The van der Waals surface area contributed by atoms with E-state index < -0.39 is 6.10 Å². The molecule has 1 aromatic rings. The third-order valence-electron chi connectivity index (χ3n) is 3.91. The summed E-state index contributed by atoms with van der Waals surface area (Å²) in [6.07, 6.45) is 3.94. The van der Waals surface area contributed by atoms with Gasteiger partial charge in [-0.25, -0.2) is 0 Å². The van der Waals surface area contributed by atoms with Gasteiger partial charge in [-0.15, -0.1) is 11.3 Å². The number of rotatable bonds is 9. The van der Waals surface area contributed by atoms with Gasteiger partial charge < -0.3 is 20.3 Å². The van der Waals surface area contributed by atoms with E-state index in [1.54, 1.807) is 11.3 Å². The number of hydrogen-bond acceptors (Lipinski definition) is 5. The van der Waals surface area contributed by atoms with Crippen LogP contribution in [0.2, 0.25) is 0 Å². The number of thiophene rings is 1. The molecule has 3 atom stereocenters. The van der Waals surface area contributed by atoms with Crippen LogP contribution in [-0.2, 0) is 11.3 Å². The first-order chi connectivity index (χ1) is 9.79. The molecule has 1 saturated carbocycles. The van der Waals surface area contributed by atoms with Gasteiger partial charge >= 0.3 is 0 Å². The highest BCUT2D eigenvalue weighted by Crippen LogP contribution is 2.28. The molecule has 2 rings (SSSR count). The first kappa shape index (κ1) is 15.9. The highest BCUT2D eigenvalue weighted by atomic mass is 32.1. The Hall–Kier alpha value is -0.460. The maximum absolute atomic E-state index is 9.92. The van der Waals surface area contributed by atoms with Crippen LogP contribution in [-0.4, -0.2) is 42.1 Å². The van der Waals surface area contributed by atoms with Crippen LogP contribution in [0.15, 0.2) is 17.5 Å². The summed E-state index contributed by atoms with van der Waals surface area (Å²) in [5.41, 5.74) is 0. The summed E-state index contributed by atoms with van der Waals surface area (Å²) in [6.45, 7) is 1.76. The topological polar surface area (TPSA) is 61.7 Å². The van der Waals surface area contributed by atoms with E-state index in [9.17, 15) is 5.11 Å². The fourth-order valence-corrected chi connectivity index (χ4v) is 3.49. The van der Waals surface area contributed by atoms with Crippen molar-refractivity contribution in [3.05, 3.63) is 22.4 Å². The van der Waals surface area contributed by atoms with Gasteiger partial charge in [-0.1, -0.05) is 12.5 Å². The number of aliphatic hydroxyl groups is 2. The van der Waals surface area contributed by atoms with Gasteiger partial charge in [-0.3, -0.25) is 0 Å². The normalized spacial score (nSPS) is 24.1. The third-order valence-corrected chi connectivity index (χ3v) is 4.76. The second-order valence-corrected chi connectivity index (χ2v) is 6.50. The molecule has 0 bridgehead atoms. The molecule has 1 heterocycles. The second-order valence-electron chi connectivity index (χ2n) is 5.47. The lowest BCUT2D eigenvalue weighted by molar-refractivity contribution is 0.0278. The summed E-state index contributed by atoms with van der Waals surface area (Å²) in [7, 11) is 0. The lowest BCUT2D eigenvalue weighted by Crippen LogP contribution is -2.39. The van der Waals surface area contributed by atoms with Crippen LogP contribution in [0, 0.1) is 5.92 Å². The lowest BCUT2D eigenvalue weighted by Gasteiger charge is -2.22. The summed E-state index contributed by atoms with van der Waals surface area (Å²) in [4.78, 5) is 1.18. The molecule has 0 radical (unpaired) electrons. The molecule has 1 fully saturated rings. The van der Waals surface area contributed by atoms with Gasteiger partial charge in [0.05, 0.1) is 19.3 Å². The molecule has 1 aromatic heterocycles. The van der Waals surface area contributed by atoms with Crippen LogP contribution < -0.4 is 5.32 Å². The molecule has 0 saturated heterocycles. The molecular formula is C15H25NO3S. The highest BCUT2D eigenvalue weighted by Gasteiger charge is 2.26. The maximum atomic E-state index is 9.92. The Kier molecular flexibility index (Phi) is 6.96. The van der Waals surface area contributed by atoms with Crippen molar-refractivity contribution in [1.82, 2.24) is 5.32 Å². The van der Waals surface area contributed by atoms with E-state index in [2.05, 4.69) is 5.32 Å². The summed E-state index contributed by atoms with van der Waals surface area (Å²) in [6, 6.07) is 4.48. The van der Waals surface area contributed by atoms with E-state index >= 15 is 0 Å². The van der Waals surface area contributed by atoms with Crippen LogP contribution in [0.1, 0.15) is 30.6 Å². The zero-order chi connectivity index (χ0) is 14.2. The van der Waals surface area contributed by atoms with Crippen molar-refractivity contribution in [2.75, 3.05) is 19.8 Å². The minimum atomic E-state index is -0.467. The highest BCUT2D eigenvalue weighted by molar-refractivity contribution is 7.09. The lowest BCUT2D eigenvalue weighted by atomic mass is 10.00. The monoisotopic (exact) mass is 299 g/mol. The standard InChI is InChI=1S/C15H25NO3S/c17-7-6-12-3-1-5-15(12)16-9-13(18)10-19-11-14-4-2-8-20-14/h2,4,8,12-13,15-18H,1,3,5-7,9-11H2/t12-,13+,15+/m0/s1. The largest absolute Gasteiger partial charge is 0.396 e. The smallest absolute Gasteiger partial charge is 0.0897 e. The van der Waals surface area contributed by atoms with E-state index in [1.807, 2.05) is 17.5 Å². The molecule has 114 valence electrons. The van der Waals surface area contributed by atoms with Crippen molar-refractivity contribution < 1.29 is 14.9 Å². The Bertz CT molecular complexity index is 358. The third kappa shape index (κ3) is 5.14. The van der Waals surface area contributed by atoms with E-state index in [0.717, 1.165) is 12.8 Å². The predicted molar refractivity (Wildman–Crippen MR) is 80.8 cm³/mol. The summed E-state index contributed by atoms with van der Waals surface area (Å²) in [5.74, 6) is 0.555. The Balaban J connectivity index is 1.58. The summed E-state index contributed by atoms with van der Waals surface area (Å²) in [5, 5.41) is 24.4. The fraction of sp³-hybridized carbons (Fsp3) is 0.733. The van der Waals surface area contributed by atoms with Gasteiger partial charge in [-0.2, -0.15) is 0 Å². The molecule has 5 heteroatoms. The zero-order valence-corrected chi connectivity index (χ0v) is 12.6. The molecule has 1 aliphatic rings. The molecule has 0 aromatic carbocycles. The van der Waals surface area contributed by atoms with Gasteiger partial charge in [0.1, 0.15) is 0 Å². The van der Waals surface area contributed by atoms with Crippen molar-refractivity contribution in [1.29, 1.82) is 0 Å². The average Bonchev–Trinajstić information content (AvgIpc) is 3.08. The quantitative estimate of drug-likeness (QED) is 0.650. The van der Waals surface area contributed by atoms with Gasteiger partial charge in [0.2, 0.25) is 0 Å². The van der Waals surface area contributed by atoms with Gasteiger partial charge in [0, 0.05) is 24.1 Å². The Morgan fingerprint density at radius 1 is 1.45 bits per heavy atom. The fourth-order valence-electron chi connectivity index (χ4n) is 2.85. The molecule has 4 nitrogen and oxygen atoms in total. The van der Waals surface area contributed by atoms with Crippen molar-refractivity contribution in [3.8, 4) is 0 Å². The van der Waals surface area contributed by atoms with Crippen molar-refractivity contribution in [3.63, 3.8) is 0 Å². The molecule has 0 amide bonds. The molecule has 20 heavy (non-hydrogen) atoms. The average molecular weight is 299 g/mol. The maximum Gasteiger partial charge on any atom is 0.0897 e. The van der Waals surface area contributed by atoms with Crippen LogP contribution in [0.3, 0.4) is 0 Å². The van der Waals surface area contributed by atoms with E-state index in [1.165, 1.54) is 17.7 Å². The molecule has 0 unspecified atom stereocenters. The summed E-state index contributed by atoms with van der Waals surface area (Å²) < 4.78 is 5.51.